The van der Waals surface area contributed by atoms with Gasteiger partial charge in [0.1, 0.15) is 17.3 Å². The first-order chi connectivity index (χ1) is 37.0. The maximum Gasteiger partial charge on any atom is 0.269 e. The number of benzene rings is 8. The van der Waals surface area contributed by atoms with E-state index < -0.39 is 48.3 Å². The van der Waals surface area contributed by atoms with Crippen LogP contribution in [0.25, 0.3) is 83.4 Å². The quantitative estimate of drug-likeness (QED) is 0.113. The van der Waals surface area contributed by atoms with Crippen LogP contribution in [0.1, 0.15) is 67.7 Å². The van der Waals surface area contributed by atoms with Crippen molar-refractivity contribution in [2.75, 3.05) is 0 Å². The summed E-state index contributed by atoms with van der Waals surface area (Å²) in [4.78, 5) is 4.85. The Balaban J connectivity index is 1.15. The van der Waals surface area contributed by atoms with Crippen molar-refractivity contribution >= 4 is 32.8 Å². The summed E-state index contributed by atoms with van der Waals surface area (Å²) in [7, 11) is 0. The highest BCUT2D eigenvalue weighted by Gasteiger charge is 2.23. The lowest BCUT2D eigenvalue weighted by molar-refractivity contribution is -0.571. The summed E-state index contributed by atoms with van der Waals surface area (Å²) in [6.07, 6.45) is 5.39. The van der Waals surface area contributed by atoms with E-state index >= 15 is 0 Å². The summed E-state index contributed by atoms with van der Waals surface area (Å²) in [6.45, 7) is 12.8. The molecule has 0 bridgehead atoms. The Hall–Kier alpha value is -8.02. The van der Waals surface area contributed by atoms with Gasteiger partial charge >= 0.3 is 0 Å². The molecule has 11 rings (SSSR count). The topological polar surface area (TPSA) is 35.9 Å². The van der Waals surface area contributed by atoms with E-state index in [4.69, 9.17) is 20.7 Å². The van der Waals surface area contributed by atoms with Crippen molar-refractivity contribution < 1.29 is 24.4 Å². The maximum atomic E-state index is 9.23. The lowest BCUT2D eigenvalue weighted by atomic mass is 9.85. The number of aromatic nitrogens is 4. The van der Waals surface area contributed by atoms with Crippen LogP contribution >= 0.6 is 0 Å². The van der Waals surface area contributed by atoms with Crippen molar-refractivity contribution in [3.05, 3.63) is 224 Å². The molecule has 0 spiro atoms. The van der Waals surface area contributed by atoms with Gasteiger partial charge in [0.25, 0.3) is 6.33 Å². The number of nitrogens with zero attached hydrogens (tertiary/aromatic N) is 4. The molecule has 8 aromatic carbocycles. The number of hydrogen-bond donors (Lipinski definition) is 0. The van der Waals surface area contributed by atoms with Crippen molar-refractivity contribution in [1.82, 2.24) is 14.1 Å². The van der Waals surface area contributed by atoms with Gasteiger partial charge in [-0.1, -0.05) is 181 Å². The summed E-state index contributed by atoms with van der Waals surface area (Å²) in [5, 5.41) is 2.08. The van der Waals surface area contributed by atoms with Gasteiger partial charge in [0.05, 0.1) is 48.5 Å². The van der Waals surface area contributed by atoms with Crippen molar-refractivity contribution in [2.24, 2.45) is 0 Å². The number of ether oxygens (including phenoxy) is 1. The molecular formula is C62H52N4O. The number of rotatable bonds is 8. The van der Waals surface area contributed by atoms with E-state index in [1.807, 2.05) is 91.1 Å². The van der Waals surface area contributed by atoms with Gasteiger partial charge in [0, 0.05) is 23.0 Å². The minimum Gasteiger partial charge on any atom is -0.458 e. The van der Waals surface area contributed by atoms with Gasteiger partial charge in [0.15, 0.2) is 0 Å². The van der Waals surface area contributed by atoms with E-state index in [9.17, 15) is 4.11 Å². The highest BCUT2D eigenvalue weighted by Crippen LogP contribution is 2.39. The summed E-state index contributed by atoms with van der Waals surface area (Å²) < 4.78 is 109. The predicted molar refractivity (Wildman–Crippen MR) is 276 cm³/mol. The van der Waals surface area contributed by atoms with Crippen LogP contribution in [-0.2, 0) is 10.8 Å². The van der Waals surface area contributed by atoms with Crippen LogP contribution in [0.5, 0.6) is 11.5 Å². The molecule has 0 atom stereocenters. The van der Waals surface area contributed by atoms with Crippen molar-refractivity contribution in [3.8, 4) is 62.1 Å². The molecule has 0 saturated heterocycles. The molecule has 0 aliphatic carbocycles. The van der Waals surface area contributed by atoms with E-state index in [1.165, 1.54) is 6.07 Å². The third kappa shape index (κ3) is 7.76. The predicted octanol–water partition coefficient (Wildman–Crippen LogP) is 15.6. The van der Waals surface area contributed by atoms with Crippen molar-refractivity contribution in [2.45, 2.75) is 52.4 Å². The molecule has 0 radical (unpaired) electrons. The molecule has 3 heterocycles. The lowest BCUT2D eigenvalue weighted by Gasteiger charge is -2.21. The van der Waals surface area contributed by atoms with Gasteiger partial charge in [-0.3, -0.25) is 13.7 Å². The van der Waals surface area contributed by atoms with Gasteiger partial charge in [0.2, 0.25) is 0 Å². The summed E-state index contributed by atoms with van der Waals surface area (Å²) in [5.74, 6) is 1.79. The van der Waals surface area contributed by atoms with Crippen molar-refractivity contribution in [1.29, 1.82) is 0 Å². The average Bonchev–Trinajstić information content (AvgIpc) is 4.00. The second-order valence-electron chi connectivity index (χ2n) is 18.7. The number of fused-ring (bicyclic) bond motifs is 4. The lowest BCUT2D eigenvalue weighted by Crippen LogP contribution is -2.31. The van der Waals surface area contributed by atoms with Crippen molar-refractivity contribution in [3.63, 3.8) is 0 Å². The van der Waals surface area contributed by atoms with Crippen LogP contribution in [0, 0.1) is 6.33 Å². The zero-order valence-electron chi connectivity index (χ0n) is 49.0. The standard InChI is InChI=1S/C62H52N4O/c1-61(2,3)46-23-15-22-45(36-46)52-28-17-27-51(43-20-11-8-12-21-43)60(52)65-41-64(58-37-44(30-33-56(58)65)42-18-9-7-10-19-42)48-24-16-25-49(39-48)67-50-31-32-54-53-26-13-14-29-55(53)66(57(54)40-50)59-38-47(34-35-63-59)62(4,5)6/h7-40H,1-6H3/i7D,8D,9D,10D,11D,12D,17D,18D,19D,20D,21D. The molecule has 0 saturated carbocycles. The molecule has 0 amide bonds. The van der Waals surface area contributed by atoms with Gasteiger partial charge in [-0.15, -0.1) is 0 Å². The molecule has 326 valence electrons. The van der Waals surface area contributed by atoms with E-state index in [1.54, 1.807) is 33.4 Å². The number of pyridine rings is 1. The van der Waals surface area contributed by atoms with E-state index in [0.29, 0.717) is 50.6 Å². The van der Waals surface area contributed by atoms with Gasteiger partial charge < -0.3 is 4.74 Å². The fraction of sp³-hybridized carbons (Fsp3) is 0.129. The van der Waals surface area contributed by atoms with E-state index in [0.717, 1.165) is 38.8 Å². The normalized spacial score (nSPS) is 14.3. The largest absolute Gasteiger partial charge is 0.458 e. The minimum atomic E-state index is -0.557. The first-order valence-corrected chi connectivity index (χ1v) is 22.2. The van der Waals surface area contributed by atoms with Crippen LogP contribution in [0.3, 0.4) is 0 Å². The Bertz CT molecular complexity index is 4240. The summed E-state index contributed by atoms with van der Waals surface area (Å²) >= 11 is 0. The van der Waals surface area contributed by atoms with Crippen LogP contribution < -0.4 is 9.30 Å². The molecule has 0 aliphatic rings. The Labute approximate surface area is 408 Å². The van der Waals surface area contributed by atoms with E-state index in [-0.39, 0.29) is 45.6 Å². The second kappa shape index (κ2) is 16.4. The van der Waals surface area contributed by atoms with Crippen LogP contribution in [0.2, 0.25) is 0 Å². The zero-order valence-corrected chi connectivity index (χ0v) is 38.0. The monoisotopic (exact) mass is 879 g/mol. The average molecular weight is 880 g/mol. The van der Waals surface area contributed by atoms with Gasteiger partial charge in [-0.2, -0.15) is 0 Å². The van der Waals surface area contributed by atoms with Crippen LogP contribution in [0.15, 0.2) is 206 Å². The minimum absolute atomic E-state index is 0.00881. The molecule has 5 heteroatoms. The third-order valence-corrected chi connectivity index (χ3v) is 12.2. The van der Waals surface area contributed by atoms with Crippen LogP contribution in [0.4, 0.5) is 0 Å². The van der Waals surface area contributed by atoms with Gasteiger partial charge in [-0.25, -0.2) is 4.98 Å². The highest BCUT2D eigenvalue weighted by atomic mass is 16.5. The Morgan fingerprint density at radius 1 is 0.522 bits per heavy atom. The summed E-state index contributed by atoms with van der Waals surface area (Å²) in [5.41, 5.74) is 7.06. The molecule has 11 aromatic rings. The molecule has 67 heavy (non-hydrogen) atoms. The SMILES string of the molecule is [2H]c1cc(-c2cccc(C(C)(C)C)c2)c(-[n+]2[c-]n(-c3cccc(Oc4ccc5c6ccccc6n(-c6cc(C(C)(C)C)ccn6)c5c4)c3)c3cc(-c4c([2H])c([2H])c([2H])c([2H])c4[2H])ccc32)c(-c2c([2H])c([2H])c([2H])c([2H])c2[2H])c1. The second-order valence-corrected chi connectivity index (χ2v) is 18.7. The number of para-hydroxylation sites is 2. The Morgan fingerprint density at radius 2 is 1.21 bits per heavy atom. The fourth-order valence-corrected chi connectivity index (χ4v) is 8.79. The first-order valence-electron chi connectivity index (χ1n) is 27.7. The first kappa shape index (κ1) is 31.0. The number of imidazole rings is 1. The smallest absolute Gasteiger partial charge is 0.269 e. The number of hydrogen-bond acceptors (Lipinski definition) is 2. The highest BCUT2D eigenvalue weighted by molar-refractivity contribution is 6.09. The van der Waals surface area contributed by atoms with Gasteiger partial charge in [-0.05, 0) is 110 Å². The molecular weight excluding hydrogens is 817 g/mol. The van der Waals surface area contributed by atoms with E-state index in [2.05, 4.69) is 70.6 Å². The molecule has 3 aromatic heterocycles. The molecule has 0 aliphatic heterocycles. The molecule has 0 unspecified atom stereocenters. The zero-order chi connectivity index (χ0) is 55.4. The fourth-order valence-electron chi connectivity index (χ4n) is 8.79. The Morgan fingerprint density at radius 3 is 1.99 bits per heavy atom. The maximum absolute atomic E-state index is 9.23. The summed E-state index contributed by atoms with van der Waals surface area (Å²) in [6, 6.07) is 37.1. The molecule has 0 fully saturated rings. The molecule has 5 nitrogen and oxygen atoms in total. The van der Waals surface area contributed by atoms with Crippen LogP contribution in [-0.4, -0.2) is 14.1 Å². The third-order valence-electron chi connectivity index (χ3n) is 12.2. The molecule has 0 N–H and O–H groups in total. The Kier molecular flexibility index (Phi) is 7.61.